The Hall–Kier alpha value is -2.02. The van der Waals surface area contributed by atoms with Crippen molar-refractivity contribution < 1.29 is 4.92 Å². The molecule has 0 aliphatic rings. The molecule has 0 aliphatic carbocycles. The largest absolute Gasteiger partial charge is 0.361 e. The number of nitro groups is 1. The lowest BCUT2D eigenvalue weighted by Gasteiger charge is -1.95. The van der Waals surface area contributed by atoms with Gasteiger partial charge in [0, 0.05) is 35.8 Å². The lowest BCUT2D eigenvalue weighted by atomic mass is 10.2. The maximum atomic E-state index is 10.6. The Morgan fingerprint density at radius 3 is 3.06 bits per heavy atom. The van der Waals surface area contributed by atoms with Crippen molar-refractivity contribution in [2.24, 2.45) is 0 Å². The highest BCUT2D eigenvalue weighted by atomic mass is 32.1. The van der Waals surface area contributed by atoms with E-state index < -0.39 is 4.92 Å². The molecule has 6 nitrogen and oxygen atoms in total. The number of anilines is 1. The number of nitrogens with zero attached hydrogens (tertiary/aromatic N) is 3. The summed E-state index contributed by atoms with van der Waals surface area (Å²) in [5, 5.41) is 14.4. The SMILES string of the molecule is CCNc1nc(-c2cccc([N+](=O)[O-])c2)ns1. The molecule has 0 unspecified atom stereocenters. The molecule has 17 heavy (non-hydrogen) atoms. The van der Waals surface area contributed by atoms with Crippen LogP contribution in [0.3, 0.4) is 0 Å². The van der Waals surface area contributed by atoms with Crippen LogP contribution < -0.4 is 5.32 Å². The molecule has 0 spiro atoms. The Balaban J connectivity index is 2.32. The predicted molar refractivity (Wildman–Crippen MR) is 66.2 cm³/mol. The molecular weight excluding hydrogens is 240 g/mol. The van der Waals surface area contributed by atoms with Crippen molar-refractivity contribution in [3.8, 4) is 11.4 Å². The van der Waals surface area contributed by atoms with E-state index in [9.17, 15) is 10.1 Å². The average Bonchev–Trinajstić information content (AvgIpc) is 2.78. The highest BCUT2D eigenvalue weighted by molar-refractivity contribution is 7.09. The van der Waals surface area contributed by atoms with Gasteiger partial charge in [0.1, 0.15) is 0 Å². The van der Waals surface area contributed by atoms with Crippen LogP contribution in [0.4, 0.5) is 10.8 Å². The quantitative estimate of drug-likeness (QED) is 0.666. The molecule has 0 fully saturated rings. The van der Waals surface area contributed by atoms with Crippen molar-refractivity contribution >= 4 is 22.4 Å². The minimum absolute atomic E-state index is 0.0438. The molecule has 0 bridgehead atoms. The van der Waals surface area contributed by atoms with Crippen LogP contribution in [-0.4, -0.2) is 20.8 Å². The summed E-state index contributed by atoms with van der Waals surface area (Å²) < 4.78 is 4.15. The lowest BCUT2D eigenvalue weighted by molar-refractivity contribution is -0.384. The van der Waals surface area contributed by atoms with Crippen LogP contribution in [0, 0.1) is 10.1 Å². The monoisotopic (exact) mass is 250 g/mol. The topological polar surface area (TPSA) is 81.0 Å². The second-order valence-corrected chi connectivity index (χ2v) is 4.01. The summed E-state index contributed by atoms with van der Waals surface area (Å²) >= 11 is 1.24. The molecule has 88 valence electrons. The maximum absolute atomic E-state index is 10.6. The summed E-state index contributed by atoms with van der Waals surface area (Å²) in [6, 6.07) is 6.30. The third kappa shape index (κ3) is 2.56. The molecule has 0 saturated carbocycles. The number of non-ortho nitro benzene ring substituents is 1. The van der Waals surface area contributed by atoms with E-state index in [1.54, 1.807) is 12.1 Å². The molecule has 0 amide bonds. The average molecular weight is 250 g/mol. The van der Waals surface area contributed by atoms with Gasteiger partial charge in [-0.05, 0) is 6.92 Å². The van der Waals surface area contributed by atoms with Gasteiger partial charge in [0.2, 0.25) is 5.13 Å². The van der Waals surface area contributed by atoms with E-state index >= 15 is 0 Å². The zero-order valence-electron chi connectivity index (χ0n) is 9.08. The normalized spacial score (nSPS) is 10.2. The van der Waals surface area contributed by atoms with Gasteiger partial charge in [0.15, 0.2) is 5.82 Å². The molecule has 0 radical (unpaired) electrons. The third-order valence-corrected chi connectivity index (χ3v) is 2.74. The van der Waals surface area contributed by atoms with Crippen LogP contribution in [0.2, 0.25) is 0 Å². The standard InChI is InChI=1S/C10H10N4O2S/c1-2-11-10-12-9(13-17-10)7-4-3-5-8(6-7)14(15)16/h3-6H,2H2,1H3,(H,11,12,13). The van der Waals surface area contributed by atoms with Gasteiger partial charge in [-0.15, -0.1) is 0 Å². The first-order chi connectivity index (χ1) is 8.20. The number of nitro benzene ring substituents is 1. The van der Waals surface area contributed by atoms with Crippen LogP contribution in [0.25, 0.3) is 11.4 Å². The van der Waals surface area contributed by atoms with E-state index in [4.69, 9.17) is 0 Å². The molecule has 1 heterocycles. The van der Waals surface area contributed by atoms with Crippen molar-refractivity contribution in [2.75, 3.05) is 11.9 Å². The molecule has 1 N–H and O–H groups in total. The van der Waals surface area contributed by atoms with Gasteiger partial charge in [-0.1, -0.05) is 12.1 Å². The van der Waals surface area contributed by atoms with Crippen molar-refractivity contribution in [1.82, 2.24) is 9.36 Å². The number of hydrogen-bond acceptors (Lipinski definition) is 6. The van der Waals surface area contributed by atoms with E-state index in [1.807, 2.05) is 6.92 Å². The number of rotatable bonds is 4. The molecule has 0 saturated heterocycles. The first-order valence-corrected chi connectivity index (χ1v) is 5.80. The van der Waals surface area contributed by atoms with Crippen LogP contribution in [0.15, 0.2) is 24.3 Å². The van der Waals surface area contributed by atoms with Crippen LogP contribution in [0.5, 0.6) is 0 Å². The van der Waals surface area contributed by atoms with Gasteiger partial charge in [0.05, 0.1) is 4.92 Å². The zero-order chi connectivity index (χ0) is 12.3. The molecule has 2 aromatic rings. The van der Waals surface area contributed by atoms with Crippen molar-refractivity contribution in [1.29, 1.82) is 0 Å². The minimum atomic E-state index is -0.429. The Morgan fingerprint density at radius 2 is 2.35 bits per heavy atom. The third-order valence-electron chi connectivity index (χ3n) is 2.07. The van der Waals surface area contributed by atoms with Crippen molar-refractivity contribution in [2.45, 2.75) is 6.92 Å². The lowest BCUT2D eigenvalue weighted by Crippen LogP contribution is -1.95. The first kappa shape index (κ1) is 11.5. The van der Waals surface area contributed by atoms with Crippen molar-refractivity contribution in [3.05, 3.63) is 34.4 Å². The van der Waals surface area contributed by atoms with Gasteiger partial charge < -0.3 is 5.32 Å². The molecule has 7 heteroatoms. The summed E-state index contributed by atoms with van der Waals surface area (Å²) in [7, 11) is 0. The Labute approximate surface area is 102 Å². The molecule has 0 atom stereocenters. The summed E-state index contributed by atoms with van der Waals surface area (Å²) in [6.07, 6.45) is 0. The van der Waals surface area contributed by atoms with Crippen LogP contribution in [0.1, 0.15) is 6.92 Å². The fourth-order valence-corrected chi connectivity index (χ4v) is 1.98. The van der Waals surface area contributed by atoms with Crippen LogP contribution >= 0.6 is 11.5 Å². The van der Waals surface area contributed by atoms with Crippen LogP contribution in [-0.2, 0) is 0 Å². The second-order valence-electron chi connectivity index (χ2n) is 3.26. The Morgan fingerprint density at radius 1 is 1.53 bits per heavy atom. The summed E-state index contributed by atoms with van der Waals surface area (Å²) in [4.78, 5) is 14.5. The first-order valence-electron chi connectivity index (χ1n) is 5.03. The highest BCUT2D eigenvalue weighted by Crippen LogP contribution is 2.24. The zero-order valence-corrected chi connectivity index (χ0v) is 9.90. The van der Waals surface area contributed by atoms with Crippen molar-refractivity contribution in [3.63, 3.8) is 0 Å². The molecular formula is C10H10N4O2S. The van der Waals surface area contributed by atoms with E-state index in [1.165, 1.54) is 23.7 Å². The fourth-order valence-electron chi connectivity index (χ4n) is 1.32. The summed E-state index contributed by atoms with van der Waals surface area (Å²) in [5.41, 5.74) is 0.696. The number of nitrogens with one attached hydrogen (secondary N) is 1. The summed E-state index contributed by atoms with van der Waals surface area (Å²) in [6.45, 7) is 2.73. The predicted octanol–water partition coefficient (Wildman–Crippen LogP) is 2.55. The molecule has 1 aromatic carbocycles. The van der Waals surface area contributed by atoms with Gasteiger partial charge in [-0.3, -0.25) is 10.1 Å². The minimum Gasteiger partial charge on any atom is -0.361 e. The van der Waals surface area contributed by atoms with E-state index in [0.29, 0.717) is 16.5 Å². The van der Waals surface area contributed by atoms with E-state index in [0.717, 1.165) is 6.54 Å². The van der Waals surface area contributed by atoms with Gasteiger partial charge in [-0.25, -0.2) is 0 Å². The smallest absolute Gasteiger partial charge is 0.270 e. The second kappa shape index (κ2) is 4.88. The molecule has 0 aliphatic heterocycles. The van der Waals surface area contributed by atoms with E-state index in [2.05, 4.69) is 14.7 Å². The number of hydrogen-bond donors (Lipinski definition) is 1. The Kier molecular flexibility index (Phi) is 3.29. The van der Waals surface area contributed by atoms with Gasteiger partial charge >= 0.3 is 0 Å². The summed E-state index contributed by atoms with van der Waals surface area (Å²) in [5.74, 6) is 0.509. The highest BCUT2D eigenvalue weighted by Gasteiger charge is 2.10. The van der Waals surface area contributed by atoms with E-state index in [-0.39, 0.29) is 5.69 Å². The fraction of sp³-hybridized carbons (Fsp3) is 0.200. The maximum Gasteiger partial charge on any atom is 0.270 e. The van der Waals surface area contributed by atoms with Gasteiger partial charge in [0.25, 0.3) is 5.69 Å². The number of benzene rings is 1. The number of aromatic nitrogens is 2. The molecule has 1 aromatic heterocycles. The Bertz CT molecular complexity index is 541. The molecule has 2 rings (SSSR count). The van der Waals surface area contributed by atoms with Gasteiger partial charge in [-0.2, -0.15) is 9.36 Å².